The highest BCUT2D eigenvalue weighted by atomic mass is 19.1. The van der Waals surface area contributed by atoms with Crippen LogP contribution in [0, 0.1) is 5.82 Å². The molecule has 2 amide bonds. The SMILES string of the molecule is CC(=O)NCCCCNC(=O)CCCc1ccc(F)cc1. The molecule has 4 nitrogen and oxygen atoms in total. The summed E-state index contributed by atoms with van der Waals surface area (Å²) in [6.45, 7) is 2.77. The smallest absolute Gasteiger partial charge is 0.220 e. The predicted molar refractivity (Wildman–Crippen MR) is 80.3 cm³/mol. The molecule has 0 aliphatic heterocycles. The van der Waals surface area contributed by atoms with Crippen molar-refractivity contribution in [3.05, 3.63) is 35.6 Å². The number of hydrogen-bond acceptors (Lipinski definition) is 2. The maximum atomic E-state index is 12.7. The number of unbranched alkanes of at least 4 members (excludes halogenated alkanes) is 1. The summed E-state index contributed by atoms with van der Waals surface area (Å²) in [7, 11) is 0. The van der Waals surface area contributed by atoms with Gasteiger partial charge >= 0.3 is 0 Å². The lowest BCUT2D eigenvalue weighted by molar-refractivity contribution is -0.121. The van der Waals surface area contributed by atoms with Crippen molar-refractivity contribution >= 4 is 11.8 Å². The van der Waals surface area contributed by atoms with Crippen molar-refractivity contribution in [2.24, 2.45) is 0 Å². The van der Waals surface area contributed by atoms with E-state index >= 15 is 0 Å². The second-order valence-corrected chi connectivity index (χ2v) is 5.02. The lowest BCUT2D eigenvalue weighted by Crippen LogP contribution is -2.26. The monoisotopic (exact) mass is 294 g/mol. The van der Waals surface area contributed by atoms with Gasteiger partial charge in [0.1, 0.15) is 5.82 Å². The highest BCUT2D eigenvalue weighted by Gasteiger charge is 2.01. The standard InChI is InChI=1S/C16H23FN2O2/c1-13(20)18-11-2-3-12-19-16(21)6-4-5-14-7-9-15(17)10-8-14/h7-10H,2-6,11-12H2,1H3,(H,18,20)(H,19,21). The van der Waals surface area contributed by atoms with Gasteiger partial charge in [0.05, 0.1) is 0 Å². The topological polar surface area (TPSA) is 58.2 Å². The Morgan fingerprint density at radius 3 is 2.24 bits per heavy atom. The van der Waals surface area contributed by atoms with E-state index in [4.69, 9.17) is 0 Å². The van der Waals surface area contributed by atoms with Crippen LogP contribution in [0.5, 0.6) is 0 Å². The molecule has 0 unspecified atom stereocenters. The average molecular weight is 294 g/mol. The number of carbonyl (C=O) groups is 2. The van der Waals surface area contributed by atoms with Gasteiger partial charge in [-0.05, 0) is 43.4 Å². The van der Waals surface area contributed by atoms with Crippen LogP contribution in [-0.4, -0.2) is 24.9 Å². The van der Waals surface area contributed by atoms with Crippen molar-refractivity contribution in [1.29, 1.82) is 0 Å². The van der Waals surface area contributed by atoms with E-state index in [1.54, 1.807) is 12.1 Å². The highest BCUT2D eigenvalue weighted by Crippen LogP contribution is 2.06. The summed E-state index contributed by atoms with van der Waals surface area (Å²) < 4.78 is 12.7. The molecule has 116 valence electrons. The Hall–Kier alpha value is -1.91. The minimum atomic E-state index is -0.240. The molecule has 0 fully saturated rings. The fourth-order valence-electron chi connectivity index (χ4n) is 1.93. The second kappa shape index (κ2) is 9.91. The Bertz CT molecular complexity index is 446. The normalized spacial score (nSPS) is 10.2. The van der Waals surface area contributed by atoms with Crippen LogP contribution < -0.4 is 10.6 Å². The molecule has 0 aliphatic rings. The molecule has 0 aromatic heterocycles. The fraction of sp³-hybridized carbons (Fsp3) is 0.500. The van der Waals surface area contributed by atoms with Crippen molar-refractivity contribution in [2.75, 3.05) is 13.1 Å². The molecule has 5 heteroatoms. The largest absolute Gasteiger partial charge is 0.356 e. The van der Waals surface area contributed by atoms with Gasteiger partial charge in [-0.25, -0.2) is 4.39 Å². The van der Waals surface area contributed by atoms with Crippen molar-refractivity contribution in [3.63, 3.8) is 0 Å². The van der Waals surface area contributed by atoms with Crippen LogP contribution in [0.15, 0.2) is 24.3 Å². The molecule has 1 aromatic carbocycles. The first-order valence-electron chi connectivity index (χ1n) is 7.33. The van der Waals surface area contributed by atoms with Gasteiger partial charge in [-0.3, -0.25) is 9.59 Å². The lowest BCUT2D eigenvalue weighted by Gasteiger charge is -2.06. The number of aryl methyl sites for hydroxylation is 1. The number of halogens is 1. The van der Waals surface area contributed by atoms with Gasteiger partial charge in [-0.1, -0.05) is 12.1 Å². The maximum Gasteiger partial charge on any atom is 0.220 e. The number of nitrogens with one attached hydrogen (secondary N) is 2. The van der Waals surface area contributed by atoms with Gasteiger partial charge in [-0.15, -0.1) is 0 Å². The van der Waals surface area contributed by atoms with Crippen molar-refractivity contribution < 1.29 is 14.0 Å². The third-order valence-corrected chi connectivity index (χ3v) is 3.08. The van der Waals surface area contributed by atoms with Crippen LogP contribution in [0.3, 0.4) is 0 Å². The molecule has 0 aliphatic carbocycles. The number of amides is 2. The van der Waals surface area contributed by atoms with Crippen LogP contribution in [-0.2, 0) is 16.0 Å². The summed E-state index contributed by atoms with van der Waals surface area (Å²) in [4.78, 5) is 22.2. The van der Waals surface area contributed by atoms with Crippen LogP contribution >= 0.6 is 0 Å². The molecule has 0 bridgehead atoms. The fourth-order valence-corrected chi connectivity index (χ4v) is 1.93. The van der Waals surface area contributed by atoms with E-state index < -0.39 is 0 Å². The zero-order chi connectivity index (χ0) is 15.5. The quantitative estimate of drug-likeness (QED) is 0.686. The summed E-state index contributed by atoms with van der Waals surface area (Å²) in [6.07, 6.45) is 3.71. The van der Waals surface area contributed by atoms with Gasteiger partial charge in [0.2, 0.25) is 11.8 Å². The van der Waals surface area contributed by atoms with Crippen molar-refractivity contribution in [3.8, 4) is 0 Å². The van der Waals surface area contributed by atoms with Crippen molar-refractivity contribution in [2.45, 2.75) is 39.0 Å². The maximum absolute atomic E-state index is 12.7. The Morgan fingerprint density at radius 2 is 1.62 bits per heavy atom. The Labute approximate surface area is 125 Å². The summed E-state index contributed by atoms with van der Waals surface area (Å²) in [5.74, 6) is -0.229. The minimum Gasteiger partial charge on any atom is -0.356 e. The first kappa shape index (κ1) is 17.1. The molecule has 0 saturated heterocycles. The molecular formula is C16H23FN2O2. The van der Waals surface area contributed by atoms with Crippen LogP contribution in [0.25, 0.3) is 0 Å². The van der Waals surface area contributed by atoms with E-state index in [2.05, 4.69) is 10.6 Å². The van der Waals surface area contributed by atoms with Crippen LogP contribution in [0.4, 0.5) is 4.39 Å². The van der Waals surface area contributed by atoms with Gasteiger partial charge in [0, 0.05) is 26.4 Å². The van der Waals surface area contributed by atoms with Crippen LogP contribution in [0.1, 0.15) is 38.2 Å². The van der Waals surface area contributed by atoms with E-state index in [-0.39, 0.29) is 17.6 Å². The van der Waals surface area contributed by atoms with E-state index in [9.17, 15) is 14.0 Å². The Morgan fingerprint density at radius 1 is 1.00 bits per heavy atom. The van der Waals surface area contributed by atoms with Gasteiger partial charge < -0.3 is 10.6 Å². The third-order valence-electron chi connectivity index (χ3n) is 3.08. The average Bonchev–Trinajstić information content (AvgIpc) is 2.44. The van der Waals surface area contributed by atoms with E-state index in [1.165, 1.54) is 19.1 Å². The van der Waals surface area contributed by atoms with Gasteiger partial charge in [-0.2, -0.15) is 0 Å². The molecular weight excluding hydrogens is 271 g/mol. The summed E-state index contributed by atoms with van der Waals surface area (Å²) in [5, 5.41) is 5.57. The molecule has 0 atom stereocenters. The zero-order valence-electron chi connectivity index (χ0n) is 12.5. The zero-order valence-corrected chi connectivity index (χ0v) is 12.5. The molecule has 0 heterocycles. The van der Waals surface area contributed by atoms with E-state index in [0.717, 1.165) is 31.2 Å². The predicted octanol–water partition coefficient (Wildman–Crippen LogP) is 2.18. The molecule has 1 aromatic rings. The second-order valence-electron chi connectivity index (χ2n) is 5.02. The summed E-state index contributed by atoms with van der Waals surface area (Å²) in [5.41, 5.74) is 1.04. The lowest BCUT2D eigenvalue weighted by atomic mass is 10.1. The Kier molecular flexibility index (Phi) is 8.09. The molecule has 21 heavy (non-hydrogen) atoms. The number of benzene rings is 1. The molecule has 0 radical (unpaired) electrons. The minimum absolute atomic E-state index is 0.0279. The third kappa shape index (κ3) is 8.78. The van der Waals surface area contributed by atoms with Crippen molar-refractivity contribution in [1.82, 2.24) is 10.6 Å². The first-order valence-corrected chi connectivity index (χ1v) is 7.33. The number of hydrogen-bond donors (Lipinski definition) is 2. The molecule has 0 spiro atoms. The first-order chi connectivity index (χ1) is 10.1. The highest BCUT2D eigenvalue weighted by molar-refractivity contribution is 5.75. The van der Waals surface area contributed by atoms with Gasteiger partial charge in [0.15, 0.2) is 0 Å². The number of carbonyl (C=O) groups excluding carboxylic acids is 2. The molecule has 0 saturated carbocycles. The summed E-state index contributed by atoms with van der Waals surface area (Å²) >= 11 is 0. The Balaban J connectivity index is 2.01. The summed E-state index contributed by atoms with van der Waals surface area (Å²) in [6, 6.07) is 6.36. The van der Waals surface area contributed by atoms with E-state index in [1.807, 2.05) is 0 Å². The van der Waals surface area contributed by atoms with E-state index in [0.29, 0.717) is 19.5 Å². The molecule has 1 rings (SSSR count). The number of rotatable bonds is 9. The van der Waals surface area contributed by atoms with Gasteiger partial charge in [0.25, 0.3) is 0 Å². The van der Waals surface area contributed by atoms with Crippen LogP contribution in [0.2, 0.25) is 0 Å². The molecule has 2 N–H and O–H groups in total.